The molecule has 0 aliphatic carbocycles. The van der Waals surface area contributed by atoms with Crippen LogP contribution in [0, 0.1) is 5.41 Å². The first-order chi connectivity index (χ1) is 9.36. The number of amides is 1. The van der Waals surface area contributed by atoms with Crippen molar-refractivity contribution in [3.63, 3.8) is 0 Å². The monoisotopic (exact) mass is 279 g/mol. The Labute approximate surface area is 120 Å². The van der Waals surface area contributed by atoms with Crippen molar-refractivity contribution in [1.82, 2.24) is 25.0 Å². The summed E-state index contributed by atoms with van der Waals surface area (Å²) in [5.41, 5.74) is -0.310. The number of piperidine rings is 1. The summed E-state index contributed by atoms with van der Waals surface area (Å²) in [6, 6.07) is 0.303. The van der Waals surface area contributed by atoms with E-state index in [1.807, 2.05) is 32.5 Å². The fourth-order valence-corrected chi connectivity index (χ4v) is 2.30. The first-order valence-electron chi connectivity index (χ1n) is 7.22. The van der Waals surface area contributed by atoms with Gasteiger partial charge in [0.05, 0.1) is 6.54 Å². The average Bonchev–Trinajstić information content (AvgIpc) is 2.76. The number of hydrogen-bond acceptors (Lipinski definition) is 4. The Bertz CT molecular complexity index is 454. The maximum atomic E-state index is 12.0. The first-order valence-corrected chi connectivity index (χ1v) is 7.22. The van der Waals surface area contributed by atoms with Gasteiger partial charge in [0.1, 0.15) is 12.2 Å². The van der Waals surface area contributed by atoms with Crippen molar-refractivity contribution in [2.45, 2.75) is 46.2 Å². The first kappa shape index (κ1) is 15.0. The average molecular weight is 279 g/mol. The number of rotatable bonds is 3. The standard InChI is InChI=1S/C14H25N5O/c1-14(2,3)13(20)17-11-5-7-19(8-6-11)9-12-15-10-16-18(12)4/h10-11H,5-9H2,1-4H3,(H,17,20). The molecule has 1 aliphatic heterocycles. The number of nitrogens with zero attached hydrogens (tertiary/aromatic N) is 4. The Balaban J connectivity index is 1.78. The fourth-order valence-electron chi connectivity index (χ4n) is 2.30. The van der Waals surface area contributed by atoms with E-state index in [9.17, 15) is 4.79 Å². The molecular weight excluding hydrogens is 254 g/mol. The van der Waals surface area contributed by atoms with Gasteiger partial charge in [-0.25, -0.2) is 4.98 Å². The van der Waals surface area contributed by atoms with Crippen molar-refractivity contribution in [1.29, 1.82) is 0 Å². The molecule has 2 rings (SSSR count). The van der Waals surface area contributed by atoms with Crippen molar-refractivity contribution in [2.75, 3.05) is 13.1 Å². The van der Waals surface area contributed by atoms with E-state index in [0.717, 1.165) is 38.3 Å². The maximum Gasteiger partial charge on any atom is 0.225 e. The summed E-state index contributed by atoms with van der Waals surface area (Å²) in [6.07, 6.45) is 3.59. The Hall–Kier alpha value is -1.43. The van der Waals surface area contributed by atoms with Crippen LogP contribution in [0.2, 0.25) is 0 Å². The molecule has 0 saturated carbocycles. The molecule has 0 radical (unpaired) electrons. The molecule has 6 nitrogen and oxygen atoms in total. The largest absolute Gasteiger partial charge is 0.353 e. The minimum Gasteiger partial charge on any atom is -0.353 e. The fraction of sp³-hybridized carbons (Fsp3) is 0.786. The van der Waals surface area contributed by atoms with Crippen LogP contribution in [0.4, 0.5) is 0 Å². The van der Waals surface area contributed by atoms with Gasteiger partial charge in [0, 0.05) is 31.6 Å². The summed E-state index contributed by atoms with van der Waals surface area (Å²) in [7, 11) is 1.92. The molecule has 0 aromatic carbocycles. The van der Waals surface area contributed by atoms with Gasteiger partial charge >= 0.3 is 0 Å². The van der Waals surface area contributed by atoms with E-state index in [0.29, 0.717) is 6.04 Å². The smallest absolute Gasteiger partial charge is 0.225 e. The van der Waals surface area contributed by atoms with Gasteiger partial charge in [0.25, 0.3) is 0 Å². The van der Waals surface area contributed by atoms with E-state index < -0.39 is 0 Å². The van der Waals surface area contributed by atoms with E-state index >= 15 is 0 Å². The predicted octanol–water partition coefficient (Wildman–Crippen LogP) is 0.942. The van der Waals surface area contributed by atoms with Crippen LogP contribution in [-0.4, -0.2) is 44.7 Å². The molecule has 1 amide bonds. The third-order valence-electron chi connectivity index (χ3n) is 3.77. The predicted molar refractivity (Wildman–Crippen MR) is 76.9 cm³/mol. The molecule has 0 unspecified atom stereocenters. The minimum absolute atomic E-state index is 0.143. The lowest BCUT2D eigenvalue weighted by molar-refractivity contribution is -0.129. The van der Waals surface area contributed by atoms with E-state index in [1.165, 1.54) is 0 Å². The van der Waals surface area contributed by atoms with Crippen LogP contribution in [-0.2, 0) is 18.4 Å². The molecule has 1 aliphatic rings. The zero-order valence-electron chi connectivity index (χ0n) is 12.9. The normalized spacial score (nSPS) is 18.2. The van der Waals surface area contributed by atoms with Crippen molar-refractivity contribution in [2.24, 2.45) is 12.5 Å². The molecule has 20 heavy (non-hydrogen) atoms. The minimum atomic E-state index is -0.310. The summed E-state index contributed by atoms with van der Waals surface area (Å²) < 4.78 is 1.81. The van der Waals surface area contributed by atoms with Gasteiger partial charge < -0.3 is 5.32 Å². The molecule has 1 aromatic rings. The molecule has 6 heteroatoms. The van der Waals surface area contributed by atoms with E-state index in [2.05, 4.69) is 20.3 Å². The second-order valence-corrected chi connectivity index (χ2v) is 6.57. The number of hydrogen-bond donors (Lipinski definition) is 1. The van der Waals surface area contributed by atoms with Gasteiger partial charge in [-0.1, -0.05) is 20.8 Å². The second-order valence-electron chi connectivity index (χ2n) is 6.57. The number of carbonyl (C=O) groups is 1. The lowest BCUT2D eigenvalue weighted by Gasteiger charge is -2.33. The molecular formula is C14H25N5O. The number of nitrogens with one attached hydrogen (secondary N) is 1. The quantitative estimate of drug-likeness (QED) is 0.894. The highest BCUT2D eigenvalue weighted by atomic mass is 16.2. The van der Waals surface area contributed by atoms with Gasteiger partial charge in [-0.05, 0) is 12.8 Å². The van der Waals surface area contributed by atoms with Crippen molar-refractivity contribution < 1.29 is 4.79 Å². The summed E-state index contributed by atoms with van der Waals surface area (Å²) in [5.74, 6) is 1.13. The molecule has 1 saturated heterocycles. The highest BCUT2D eigenvalue weighted by molar-refractivity contribution is 5.81. The lowest BCUT2D eigenvalue weighted by Crippen LogP contribution is -2.47. The molecule has 1 N–H and O–H groups in total. The van der Waals surface area contributed by atoms with Gasteiger partial charge in [0.2, 0.25) is 5.91 Å². The SMILES string of the molecule is Cn1ncnc1CN1CCC(NC(=O)C(C)(C)C)CC1. The highest BCUT2D eigenvalue weighted by Crippen LogP contribution is 2.17. The van der Waals surface area contributed by atoms with Gasteiger partial charge in [-0.3, -0.25) is 14.4 Å². The second kappa shape index (κ2) is 5.91. The number of likely N-dealkylation sites (tertiary alicyclic amines) is 1. The van der Waals surface area contributed by atoms with Crippen molar-refractivity contribution >= 4 is 5.91 Å². The molecule has 0 spiro atoms. The van der Waals surface area contributed by atoms with Crippen molar-refractivity contribution in [3.05, 3.63) is 12.2 Å². The van der Waals surface area contributed by atoms with E-state index in [1.54, 1.807) is 6.33 Å². The van der Waals surface area contributed by atoms with Gasteiger partial charge in [0.15, 0.2) is 0 Å². The van der Waals surface area contributed by atoms with Gasteiger partial charge in [-0.2, -0.15) is 5.10 Å². The third kappa shape index (κ3) is 3.79. The van der Waals surface area contributed by atoms with Crippen LogP contribution in [0.15, 0.2) is 6.33 Å². The summed E-state index contributed by atoms with van der Waals surface area (Å²) in [4.78, 5) is 18.6. The Morgan fingerprint density at radius 1 is 1.40 bits per heavy atom. The van der Waals surface area contributed by atoms with Gasteiger partial charge in [-0.15, -0.1) is 0 Å². The van der Waals surface area contributed by atoms with Crippen LogP contribution in [0.3, 0.4) is 0 Å². The zero-order chi connectivity index (χ0) is 14.8. The topological polar surface area (TPSA) is 63.1 Å². The number of carbonyl (C=O) groups excluding carboxylic acids is 1. The van der Waals surface area contributed by atoms with Crippen LogP contribution in [0.25, 0.3) is 0 Å². The Morgan fingerprint density at radius 3 is 2.55 bits per heavy atom. The maximum absolute atomic E-state index is 12.0. The molecule has 1 aromatic heterocycles. The van der Waals surface area contributed by atoms with Crippen molar-refractivity contribution in [3.8, 4) is 0 Å². The van der Waals surface area contributed by atoms with Crippen LogP contribution < -0.4 is 5.32 Å². The summed E-state index contributed by atoms with van der Waals surface area (Å²) >= 11 is 0. The van der Waals surface area contributed by atoms with E-state index in [4.69, 9.17) is 0 Å². The van der Waals surface area contributed by atoms with Crippen LogP contribution >= 0.6 is 0 Å². The molecule has 0 bridgehead atoms. The van der Waals surface area contributed by atoms with Crippen LogP contribution in [0.1, 0.15) is 39.4 Å². The Kier molecular flexibility index (Phi) is 4.42. The lowest BCUT2D eigenvalue weighted by atomic mass is 9.94. The van der Waals surface area contributed by atoms with Crippen LogP contribution in [0.5, 0.6) is 0 Å². The zero-order valence-corrected chi connectivity index (χ0v) is 12.9. The molecule has 2 heterocycles. The number of aromatic nitrogens is 3. The summed E-state index contributed by atoms with van der Waals surface area (Å²) in [5, 5.41) is 7.24. The molecule has 1 fully saturated rings. The molecule has 112 valence electrons. The number of aryl methyl sites for hydroxylation is 1. The highest BCUT2D eigenvalue weighted by Gasteiger charge is 2.26. The third-order valence-corrected chi connectivity index (χ3v) is 3.77. The summed E-state index contributed by atoms with van der Waals surface area (Å²) in [6.45, 7) is 8.66. The molecule has 0 atom stereocenters. The van der Waals surface area contributed by atoms with E-state index in [-0.39, 0.29) is 11.3 Å². The Morgan fingerprint density at radius 2 is 2.05 bits per heavy atom.